The first kappa shape index (κ1) is 15.3. The van der Waals surface area contributed by atoms with E-state index in [0.29, 0.717) is 21.8 Å². The SMILES string of the molecule is Cc1cccc(N)c1C(=O)N(C)Cc1c(F)cccc1Cl. The van der Waals surface area contributed by atoms with Gasteiger partial charge in [0.15, 0.2) is 0 Å². The molecule has 2 aromatic carbocycles. The van der Waals surface area contributed by atoms with Gasteiger partial charge in [0.05, 0.1) is 5.56 Å². The highest BCUT2D eigenvalue weighted by molar-refractivity contribution is 6.31. The van der Waals surface area contributed by atoms with E-state index >= 15 is 0 Å². The van der Waals surface area contributed by atoms with Crippen LogP contribution < -0.4 is 5.73 Å². The van der Waals surface area contributed by atoms with Gasteiger partial charge in [-0.25, -0.2) is 4.39 Å². The van der Waals surface area contributed by atoms with Gasteiger partial charge in [-0.3, -0.25) is 4.79 Å². The molecule has 0 aliphatic rings. The number of benzene rings is 2. The third kappa shape index (κ3) is 3.16. The number of nitrogen functional groups attached to an aromatic ring is 1. The van der Waals surface area contributed by atoms with E-state index in [1.807, 2.05) is 13.0 Å². The number of rotatable bonds is 3. The van der Waals surface area contributed by atoms with Gasteiger partial charge in [0.25, 0.3) is 5.91 Å². The average molecular weight is 307 g/mol. The molecular formula is C16H16ClFN2O. The molecule has 5 heteroatoms. The number of nitrogens with two attached hydrogens (primary N) is 1. The molecule has 0 bridgehead atoms. The summed E-state index contributed by atoms with van der Waals surface area (Å²) in [4.78, 5) is 13.9. The van der Waals surface area contributed by atoms with Gasteiger partial charge >= 0.3 is 0 Å². The first-order valence-corrected chi connectivity index (χ1v) is 6.83. The first-order chi connectivity index (χ1) is 9.91. The zero-order chi connectivity index (χ0) is 15.6. The van der Waals surface area contributed by atoms with Gasteiger partial charge in [-0.2, -0.15) is 0 Å². The van der Waals surface area contributed by atoms with E-state index in [0.717, 1.165) is 5.56 Å². The Morgan fingerprint density at radius 3 is 2.57 bits per heavy atom. The maximum absolute atomic E-state index is 13.8. The van der Waals surface area contributed by atoms with Crippen LogP contribution in [0, 0.1) is 12.7 Å². The van der Waals surface area contributed by atoms with E-state index in [-0.39, 0.29) is 12.5 Å². The van der Waals surface area contributed by atoms with Crippen LogP contribution in [0.1, 0.15) is 21.5 Å². The molecule has 0 aliphatic heterocycles. The molecular weight excluding hydrogens is 291 g/mol. The van der Waals surface area contributed by atoms with Crippen LogP contribution in [0.25, 0.3) is 0 Å². The highest BCUT2D eigenvalue weighted by atomic mass is 35.5. The van der Waals surface area contributed by atoms with Crippen molar-refractivity contribution in [3.8, 4) is 0 Å². The van der Waals surface area contributed by atoms with Crippen molar-refractivity contribution >= 4 is 23.2 Å². The van der Waals surface area contributed by atoms with Crippen molar-refractivity contribution in [1.29, 1.82) is 0 Å². The number of nitrogens with zero attached hydrogens (tertiary/aromatic N) is 1. The van der Waals surface area contributed by atoms with Crippen LogP contribution in [0.15, 0.2) is 36.4 Å². The van der Waals surface area contributed by atoms with Crippen LogP contribution in [0.5, 0.6) is 0 Å². The van der Waals surface area contributed by atoms with E-state index in [1.165, 1.54) is 17.0 Å². The van der Waals surface area contributed by atoms with Crippen LogP contribution in [0.3, 0.4) is 0 Å². The van der Waals surface area contributed by atoms with E-state index in [2.05, 4.69) is 0 Å². The first-order valence-electron chi connectivity index (χ1n) is 6.45. The van der Waals surface area contributed by atoms with Gasteiger partial charge in [0, 0.05) is 29.9 Å². The molecule has 0 spiro atoms. The van der Waals surface area contributed by atoms with Gasteiger partial charge < -0.3 is 10.6 Å². The molecule has 0 aromatic heterocycles. The average Bonchev–Trinajstić information content (AvgIpc) is 2.42. The lowest BCUT2D eigenvalue weighted by Crippen LogP contribution is -2.28. The zero-order valence-electron chi connectivity index (χ0n) is 11.9. The van der Waals surface area contributed by atoms with E-state index in [4.69, 9.17) is 17.3 Å². The molecule has 0 radical (unpaired) electrons. The minimum Gasteiger partial charge on any atom is -0.398 e. The summed E-state index contributed by atoms with van der Waals surface area (Å²) in [6.45, 7) is 1.89. The van der Waals surface area contributed by atoms with Crippen molar-refractivity contribution in [1.82, 2.24) is 4.90 Å². The molecule has 2 rings (SSSR count). The Hall–Kier alpha value is -2.07. The number of hydrogen-bond donors (Lipinski definition) is 1. The standard InChI is InChI=1S/C16H16ClFN2O/c1-10-5-3-8-14(19)15(10)16(21)20(2)9-11-12(17)6-4-7-13(11)18/h3-8H,9,19H2,1-2H3. The van der Waals surface area contributed by atoms with E-state index in [9.17, 15) is 9.18 Å². The van der Waals surface area contributed by atoms with Crippen molar-refractivity contribution < 1.29 is 9.18 Å². The predicted molar refractivity (Wildman–Crippen MR) is 82.8 cm³/mol. The number of amides is 1. The fourth-order valence-corrected chi connectivity index (χ4v) is 2.39. The summed E-state index contributed by atoms with van der Waals surface area (Å²) >= 11 is 5.98. The van der Waals surface area contributed by atoms with Crippen molar-refractivity contribution in [2.75, 3.05) is 12.8 Å². The van der Waals surface area contributed by atoms with Crippen molar-refractivity contribution in [2.45, 2.75) is 13.5 Å². The van der Waals surface area contributed by atoms with Gasteiger partial charge in [-0.1, -0.05) is 29.8 Å². The summed E-state index contributed by atoms with van der Waals surface area (Å²) in [6.07, 6.45) is 0. The molecule has 0 heterocycles. The van der Waals surface area contributed by atoms with Crippen LogP contribution in [0.4, 0.5) is 10.1 Å². The van der Waals surface area contributed by atoms with Crippen molar-refractivity contribution in [2.24, 2.45) is 0 Å². The Labute approximate surface area is 128 Å². The predicted octanol–water partition coefficient (Wildman–Crippen LogP) is 3.64. The minimum absolute atomic E-state index is 0.0815. The molecule has 0 saturated heterocycles. The van der Waals surface area contributed by atoms with Gasteiger partial charge in [0.1, 0.15) is 5.82 Å². The fourth-order valence-electron chi connectivity index (χ4n) is 2.17. The molecule has 0 aliphatic carbocycles. The molecule has 21 heavy (non-hydrogen) atoms. The minimum atomic E-state index is -0.431. The number of carbonyl (C=O) groups is 1. The second-order valence-electron chi connectivity index (χ2n) is 4.90. The number of aryl methyl sites for hydroxylation is 1. The Balaban J connectivity index is 2.29. The highest BCUT2D eigenvalue weighted by Gasteiger charge is 2.19. The molecule has 110 valence electrons. The lowest BCUT2D eigenvalue weighted by molar-refractivity contribution is 0.0784. The van der Waals surface area contributed by atoms with Crippen LogP contribution in [0.2, 0.25) is 5.02 Å². The second kappa shape index (κ2) is 6.14. The summed E-state index contributed by atoms with van der Waals surface area (Å²) in [6, 6.07) is 9.72. The Morgan fingerprint density at radius 1 is 1.29 bits per heavy atom. The number of carbonyl (C=O) groups excluding carboxylic acids is 1. The summed E-state index contributed by atoms with van der Waals surface area (Å²) < 4.78 is 13.8. The molecule has 0 unspecified atom stereocenters. The fraction of sp³-hybridized carbons (Fsp3) is 0.188. The molecule has 2 N–H and O–H groups in total. The summed E-state index contributed by atoms with van der Waals surface area (Å²) in [5.41, 5.74) is 7.79. The zero-order valence-corrected chi connectivity index (χ0v) is 12.6. The molecule has 2 aromatic rings. The lowest BCUT2D eigenvalue weighted by atomic mass is 10.1. The largest absolute Gasteiger partial charge is 0.398 e. The lowest BCUT2D eigenvalue weighted by Gasteiger charge is -2.20. The molecule has 0 atom stereocenters. The topological polar surface area (TPSA) is 46.3 Å². The normalized spacial score (nSPS) is 10.5. The quantitative estimate of drug-likeness (QED) is 0.880. The number of anilines is 1. The Kier molecular flexibility index (Phi) is 4.48. The van der Waals surface area contributed by atoms with Gasteiger partial charge in [0.2, 0.25) is 0 Å². The molecule has 1 amide bonds. The monoisotopic (exact) mass is 306 g/mol. The number of halogens is 2. The Morgan fingerprint density at radius 2 is 1.95 bits per heavy atom. The maximum Gasteiger partial charge on any atom is 0.256 e. The smallest absolute Gasteiger partial charge is 0.256 e. The highest BCUT2D eigenvalue weighted by Crippen LogP contribution is 2.23. The second-order valence-corrected chi connectivity index (χ2v) is 5.31. The number of hydrogen-bond acceptors (Lipinski definition) is 2. The molecule has 0 fully saturated rings. The third-order valence-corrected chi connectivity index (χ3v) is 3.68. The van der Waals surface area contributed by atoms with E-state index < -0.39 is 5.82 Å². The summed E-state index contributed by atoms with van der Waals surface area (Å²) in [5, 5.41) is 0.299. The van der Waals surface area contributed by atoms with Gasteiger partial charge in [-0.15, -0.1) is 0 Å². The molecule has 3 nitrogen and oxygen atoms in total. The van der Waals surface area contributed by atoms with Crippen molar-refractivity contribution in [3.05, 3.63) is 63.9 Å². The summed E-state index contributed by atoms with van der Waals surface area (Å²) in [5.74, 6) is -0.690. The molecule has 0 saturated carbocycles. The van der Waals surface area contributed by atoms with Crippen molar-refractivity contribution in [3.63, 3.8) is 0 Å². The van der Waals surface area contributed by atoms with Crippen LogP contribution in [-0.2, 0) is 6.54 Å². The van der Waals surface area contributed by atoms with Crippen LogP contribution in [-0.4, -0.2) is 17.9 Å². The van der Waals surface area contributed by atoms with Gasteiger partial charge in [-0.05, 0) is 30.7 Å². The Bertz CT molecular complexity index is 647. The van der Waals surface area contributed by atoms with E-state index in [1.54, 1.807) is 25.2 Å². The summed E-state index contributed by atoms with van der Waals surface area (Å²) in [7, 11) is 1.59. The maximum atomic E-state index is 13.8. The third-order valence-electron chi connectivity index (χ3n) is 3.32. The van der Waals surface area contributed by atoms with Crippen LogP contribution >= 0.6 is 11.6 Å².